The summed E-state index contributed by atoms with van der Waals surface area (Å²) in [6, 6.07) is 0. The van der Waals surface area contributed by atoms with Gasteiger partial charge in [0.05, 0.1) is 23.7 Å². The average Bonchev–Trinajstić information content (AvgIpc) is 2.47. The van der Waals surface area contributed by atoms with Crippen LogP contribution in [-0.2, 0) is 36.9 Å². The molecule has 0 aromatic carbocycles. The third-order valence-corrected chi connectivity index (χ3v) is 9.45. The quantitative estimate of drug-likeness (QED) is 0.242. The van der Waals surface area contributed by atoms with Crippen LogP contribution in [0.3, 0.4) is 0 Å². The van der Waals surface area contributed by atoms with Crippen molar-refractivity contribution in [1.82, 2.24) is 0 Å². The summed E-state index contributed by atoms with van der Waals surface area (Å²) < 4.78 is 49.3. The lowest BCUT2D eigenvalue weighted by Gasteiger charge is -2.26. The zero-order chi connectivity index (χ0) is 29.9. The molecular formula is C23H51O10P3. The molecule has 13 heteroatoms. The molecule has 0 aliphatic carbocycles. The molecule has 0 fully saturated rings. The van der Waals surface area contributed by atoms with Crippen molar-refractivity contribution in [2.24, 2.45) is 10.8 Å². The van der Waals surface area contributed by atoms with E-state index >= 15 is 0 Å². The van der Waals surface area contributed by atoms with E-state index in [4.69, 9.17) is 19.0 Å². The summed E-state index contributed by atoms with van der Waals surface area (Å²) in [7, 11) is -8.67. The van der Waals surface area contributed by atoms with Crippen LogP contribution in [0.1, 0.15) is 76.2 Å². The minimum Gasteiger partial charge on any atom is -0.481 e. The highest BCUT2D eigenvalue weighted by Gasteiger charge is 2.35. The van der Waals surface area contributed by atoms with Gasteiger partial charge in [0.25, 0.3) is 0 Å². The van der Waals surface area contributed by atoms with Crippen LogP contribution < -0.4 is 0 Å². The Bertz CT molecular complexity index is 772. The number of carbonyl (C=O) groups excluding carboxylic acids is 1. The Morgan fingerprint density at radius 1 is 0.694 bits per heavy atom. The van der Waals surface area contributed by atoms with Crippen molar-refractivity contribution >= 4 is 34.1 Å². The number of Topliss-reactive ketones (excluding diaryl/α,β-unsaturated/α-hetero) is 1. The maximum absolute atomic E-state index is 12.0. The van der Waals surface area contributed by atoms with Crippen LogP contribution in [0, 0.1) is 10.8 Å². The standard InChI is InChI=1S/C10H21O3P.C9H19O4P.C4H11O3P/c1-8(2)13-14(6,12)7-10(4,5)9(3)11;1-7(2)13-14(5,12)6-9(3,4)8(10)11;1-4(2)7-8(3,5)6/h8H,7H2,1-6H3;7H,6H2,1-5H3,(H,10,11);4H,1-3H3,(H,5,6). The van der Waals surface area contributed by atoms with Gasteiger partial charge < -0.3 is 23.6 Å². The highest BCUT2D eigenvalue weighted by molar-refractivity contribution is 7.58. The van der Waals surface area contributed by atoms with Crippen LogP contribution in [0.2, 0.25) is 0 Å². The fourth-order valence-corrected chi connectivity index (χ4v) is 8.92. The molecule has 0 bridgehead atoms. The van der Waals surface area contributed by atoms with Crippen molar-refractivity contribution < 1.29 is 46.9 Å². The molecule has 36 heavy (non-hydrogen) atoms. The van der Waals surface area contributed by atoms with Gasteiger partial charge in [0.2, 0.25) is 14.7 Å². The van der Waals surface area contributed by atoms with Gasteiger partial charge in [-0.15, -0.1) is 0 Å². The monoisotopic (exact) mass is 580 g/mol. The predicted molar refractivity (Wildman–Crippen MR) is 147 cm³/mol. The molecule has 0 aromatic heterocycles. The molecular weight excluding hydrogens is 529 g/mol. The van der Waals surface area contributed by atoms with E-state index < -0.39 is 39.1 Å². The van der Waals surface area contributed by atoms with Crippen molar-refractivity contribution in [3.63, 3.8) is 0 Å². The van der Waals surface area contributed by atoms with Crippen LogP contribution in [-0.4, -0.2) is 72.4 Å². The smallest absolute Gasteiger partial charge is 0.325 e. The third kappa shape index (κ3) is 24.0. The van der Waals surface area contributed by atoms with Crippen LogP contribution in [0.15, 0.2) is 0 Å². The lowest BCUT2D eigenvalue weighted by Crippen LogP contribution is -2.28. The van der Waals surface area contributed by atoms with E-state index in [0.29, 0.717) is 6.16 Å². The van der Waals surface area contributed by atoms with Crippen molar-refractivity contribution in [2.75, 3.05) is 32.3 Å². The minimum absolute atomic E-state index is 0.0481. The van der Waals surface area contributed by atoms with Gasteiger partial charge in [0.1, 0.15) is 5.78 Å². The fraction of sp³-hybridized carbons (Fsp3) is 0.913. The highest BCUT2D eigenvalue weighted by atomic mass is 31.2. The number of rotatable bonds is 12. The molecule has 0 aliphatic rings. The molecule has 3 atom stereocenters. The van der Waals surface area contributed by atoms with Gasteiger partial charge in [-0.05, 0) is 62.3 Å². The second-order valence-electron chi connectivity index (χ2n) is 11.2. The summed E-state index contributed by atoms with van der Waals surface area (Å²) in [6.45, 7) is 23.2. The van der Waals surface area contributed by atoms with E-state index in [1.54, 1.807) is 62.1 Å². The summed E-state index contributed by atoms with van der Waals surface area (Å²) in [4.78, 5) is 30.6. The first kappa shape index (κ1) is 40.2. The molecule has 0 amide bonds. The number of carboxylic acids is 1. The molecule has 3 unspecified atom stereocenters. The summed E-state index contributed by atoms with van der Waals surface area (Å²) in [5, 5.41) is 8.86. The van der Waals surface area contributed by atoms with E-state index in [-0.39, 0.29) is 30.3 Å². The van der Waals surface area contributed by atoms with Crippen LogP contribution >= 0.6 is 22.3 Å². The predicted octanol–water partition coefficient (Wildman–Crippen LogP) is 6.59. The van der Waals surface area contributed by atoms with Gasteiger partial charge in [-0.3, -0.25) is 23.3 Å². The summed E-state index contributed by atoms with van der Waals surface area (Å²) in [5.74, 6) is -0.904. The lowest BCUT2D eigenvalue weighted by molar-refractivity contribution is -0.145. The molecule has 0 radical (unpaired) electrons. The Morgan fingerprint density at radius 3 is 1.14 bits per heavy atom. The molecule has 0 spiro atoms. The molecule has 218 valence electrons. The van der Waals surface area contributed by atoms with E-state index in [0.717, 1.165) is 0 Å². The Balaban J connectivity index is -0.000000472. The first-order chi connectivity index (χ1) is 15.6. The van der Waals surface area contributed by atoms with Gasteiger partial charge >= 0.3 is 13.6 Å². The Labute approximate surface area is 218 Å². The van der Waals surface area contributed by atoms with Gasteiger partial charge in [0.15, 0.2) is 0 Å². The molecule has 0 aliphatic heterocycles. The molecule has 0 rings (SSSR count). The third-order valence-electron chi connectivity index (χ3n) is 4.17. The zero-order valence-electron chi connectivity index (χ0n) is 24.6. The van der Waals surface area contributed by atoms with Crippen LogP contribution in [0.5, 0.6) is 0 Å². The van der Waals surface area contributed by atoms with Crippen molar-refractivity contribution in [3.8, 4) is 0 Å². The number of carboxylic acid groups (broad SMARTS) is 1. The maximum Gasteiger partial charge on any atom is 0.325 e. The second-order valence-corrected chi connectivity index (χ2v) is 18.2. The largest absolute Gasteiger partial charge is 0.481 e. The molecule has 0 saturated heterocycles. The topological polar surface area (TPSA) is 154 Å². The van der Waals surface area contributed by atoms with Crippen LogP contribution in [0.4, 0.5) is 0 Å². The van der Waals surface area contributed by atoms with E-state index in [1.165, 1.54) is 20.3 Å². The summed E-state index contributed by atoms with van der Waals surface area (Å²) in [6.07, 6.45) is 0.000882. The molecule has 2 N–H and O–H groups in total. The zero-order valence-corrected chi connectivity index (χ0v) is 27.3. The Kier molecular flexibility index (Phi) is 17.8. The molecule has 0 aromatic rings. The number of aliphatic carboxylic acids is 1. The highest BCUT2D eigenvalue weighted by Crippen LogP contribution is 2.49. The first-order valence-corrected chi connectivity index (χ1v) is 18.3. The lowest BCUT2D eigenvalue weighted by atomic mass is 9.92. The average molecular weight is 581 g/mol. The van der Waals surface area contributed by atoms with Crippen molar-refractivity contribution in [2.45, 2.75) is 94.5 Å². The van der Waals surface area contributed by atoms with Crippen molar-refractivity contribution in [1.29, 1.82) is 0 Å². The van der Waals surface area contributed by atoms with E-state index in [2.05, 4.69) is 4.52 Å². The van der Waals surface area contributed by atoms with Gasteiger partial charge in [0, 0.05) is 37.7 Å². The normalized spacial score (nSPS) is 17.2. The number of carbonyl (C=O) groups is 2. The summed E-state index contributed by atoms with van der Waals surface area (Å²) in [5.41, 5.74) is -1.56. The minimum atomic E-state index is -3.22. The maximum atomic E-state index is 12.0. The van der Waals surface area contributed by atoms with Gasteiger partial charge in [-0.25, -0.2) is 0 Å². The molecule has 0 heterocycles. The number of hydrogen-bond acceptors (Lipinski definition) is 8. The van der Waals surface area contributed by atoms with E-state index in [1.807, 2.05) is 13.8 Å². The van der Waals surface area contributed by atoms with Gasteiger partial charge in [-0.1, -0.05) is 13.8 Å². The molecule has 0 saturated carbocycles. The van der Waals surface area contributed by atoms with Crippen LogP contribution in [0.25, 0.3) is 0 Å². The summed E-state index contributed by atoms with van der Waals surface area (Å²) >= 11 is 0. The number of ketones is 1. The fourth-order valence-electron chi connectivity index (χ4n) is 2.97. The Hall–Kier alpha value is -0.330. The van der Waals surface area contributed by atoms with Crippen molar-refractivity contribution in [3.05, 3.63) is 0 Å². The molecule has 10 nitrogen and oxygen atoms in total. The SMILES string of the molecule is CC(=O)C(C)(C)CP(C)(=O)OC(C)C.CC(C)OP(C)(=O)CC(C)(C)C(=O)O.CC(C)OP(C)(=O)O. The second kappa shape index (κ2) is 15.9. The Morgan fingerprint density at radius 2 is 0.972 bits per heavy atom. The van der Waals surface area contributed by atoms with Gasteiger partial charge in [-0.2, -0.15) is 0 Å². The van der Waals surface area contributed by atoms with E-state index in [9.17, 15) is 23.3 Å². The number of hydrogen-bond donors (Lipinski definition) is 2. The first-order valence-electron chi connectivity index (χ1n) is 11.8.